The van der Waals surface area contributed by atoms with Gasteiger partial charge in [0.15, 0.2) is 5.57 Å². The van der Waals surface area contributed by atoms with Gasteiger partial charge in [-0.1, -0.05) is 19.1 Å². The lowest BCUT2D eigenvalue weighted by atomic mass is 9.72. The second kappa shape index (κ2) is 7.29. The monoisotopic (exact) mass is 333 g/mol. The Kier molecular flexibility index (Phi) is 5.17. The molecule has 1 fully saturated rings. The minimum absolute atomic E-state index is 0.135. The van der Waals surface area contributed by atoms with Crippen molar-refractivity contribution in [2.24, 2.45) is 0 Å². The smallest absolute Gasteiger partial charge is 0.237 e. The number of nitrogens with zero attached hydrogens (tertiary/aromatic N) is 3. The van der Waals surface area contributed by atoms with Crippen LogP contribution >= 0.6 is 0 Å². The van der Waals surface area contributed by atoms with Gasteiger partial charge < -0.3 is 5.32 Å². The molecule has 25 heavy (non-hydrogen) atoms. The summed E-state index contributed by atoms with van der Waals surface area (Å²) < 4.78 is 0. The van der Waals surface area contributed by atoms with Gasteiger partial charge in [-0.05, 0) is 30.5 Å². The fourth-order valence-electron chi connectivity index (χ4n) is 2.87. The van der Waals surface area contributed by atoms with E-state index in [4.69, 9.17) is 15.8 Å². The third-order valence-corrected chi connectivity index (χ3v) is 4.36. The van der Waals surface area contributed by atoms with Gasteiger partial charge in [-0.25, -0.2) is 0 Å². The third-order valence-electron chi connectivity index (χ3n) is 4.36. The lowest BCUT2D eigenvalue weighted by Crippen LogP contribution is -2.51. The number of piperidine rings is 1. The van der Waals surface area contributed by atoms with Gasteiger partial charge in [0.25, 0.3) is 0 Å². The van der Waals surface area contributed by atoms with Crippen LogP contribution in [-0.4, -0.2) is 11.8 Å². The summed E-state index contributed by atoms with van der Waals surface area (Å²) in [6.07, 6.45) is 1.28. The second-order valence-corrected chi connectivity index (χ2v) is 5.60. The molecule has 1 aromatic carbocycles. The molecule has 1 atom stereocenters. The topological polar surface area (TPSA) is 130 Å². The van der Waals surface area contributed by atoms with Gasteiger partial charge in [0.05, 0.1) is 5.41 Å². The molecule has 124 valence electrons. The zero-order valence-electron chi connectivity index (χ0n) is 13.6. The molecule has 2 N–H and O–H groups in total. The normalized spacial score (nSPS) is 19.0. The number of benzene rings is 1. The molecule has 1 aliphatic heterocycles. The standard InChI is InChI=1S/C18H15N5O2/c1-2-18(8-7-16(24)23-17(18)25)13-3-5-14(6-4-13)22-15(11-21)12(9-19)10-20/h3-6,22H,2,7-8H2,1H3,(H,23,24,25). The van der Waals surface area contributed by atoms with E-state index < -0.39 is 5.41 Å². The van der Waals surface area contributed by atoms with Gasteiger partial charge in [-0.2, -0.15) is 15.8 Å². The molecule has 2 rings (SSSR count). The van der Waals surface area contributed by atoms with E-state index in [1.54, 1.807) is 42.5 Å². The summed E-state index contributed by atoms with van der Waals surface area (Å²) in [6.45, 7) is 1.89. The van der Waals surface area contributed by atoms with Crippen LogP contribution < -0.4 is 10.6 Å². The minimum Gasteiger partial charge on any atom is -0.345 e. The Morgan fingerprint density at radius 3 is 2.28 bits per heavy atom. The van der Waals surface area contributed by atoms with Crippen LogP contribution in [0.25, 0.3) is 0 Å². The van der Waals surface area contributed by atoms with E-state index in [1.807, 2.05) is 6.92 Å². The highest BCUT2D eigenvalue weighted by atomic mass is 16.2. The molecule has 2 amide bonds. The van der Waals surface area contributed by atoms with Crippen LogP contribution in [0.15, 0.2) is 35.5 Å². The van der Waals surface area contributed by atoms with Crippen LogP contribution in [0, 0.1) is 34.0 Å². The Morgan fingerprint density at radius 2 is 1.80 bits per heavy atom. The molecule has 7 nitrogen and oxygen atoms in total. The number of carbonyl (C=O) groups is 2. The van der Waals surface area contributed by atoms with E-state index in [0.29, 0.717) is 18.5 Å². The van der Waals surface area contributed by atoms with Crippen molar-refractivity contribution in [1.82, 2.24) is 5.32 Å². The number of amides is 2. The summed E-state index contributed by atoms with van der Waals surface area (Å²) in [5, 5.41) is 31.9. The van der Waals surface area contributed by atoms with Crippen molar-refractivity contribution >= 4 is 17.5 Å². The molecule has 1 unspecified atom stereocenters. The van der Waals surface area contributed by atoms with Crippen molar-refractivity contribution in [2.75, 3.05) is 5.32 Å². The first-order valence-electron chi connectivity index (χ1n) is 7.67. The molecule has 1 heterocycles. The minimum atomic E-state index is -0.759. The summed E-state index contributed by atoms with van der Waals surface area (Å²) in [7, 11) is 0. The van der Waals surface area contributed by atoms with E-state index in [0.717, 1.165) is 5.56 Å². The number of anilines is 1. The van der Waals surface area contributed by atoms with E-state index in [-0.39, 0.29) is 29.5 Å². The van der Waals surface area contributed by atoms with Gasteiger partial charge in [-0.15, -0.1) is 0 Å². The number of nitriles is 3. The molecule has 0 aromatic heterocycles. The largest absolute Gasteiger partial charge is 0.345 e. The zero-order valence-corrected chi connectivity index (χ0v) is 13.6. The molecule has 0 spiro atoms. The third kappa shape index (κ3) is 3.34. The summed E-state index contributed by atoms with van der Waals surface area (Å²) in [4.78, 5) is 23.8. The Morgan fingerprint density at radius 1 is 1.16 bits per heavy atom. The number of hydrogen-bond acceptors (Lipinski definition) is 6. The predicted molar refractivity (Wildman–Crippen MR) is 88.3 cm³/mol. The SMILES string of the molecule is CCC1(c2ccc(NC(C#N)=C(C#N)C#N)cc2)CCC(=O)NC1=O. The molecule has 7 heteroatoms. The molecular formula is C18H15N5O2. The Labute approximate surface area is 145 Å². The first-order chi connectivity index (χ1) is 12.0. The molecule has 0 bridgehead atoms. The van der Waals surface area contributed by atoms with E-state index in [9.17, 15) is 9.59 Å². The number of hydrogen-bond donors (Lipinski definition) is 2. The highest BCUT2D eigenvalue weighted by Gasteiger charge is 2.42. The maximum absolute atomic E-state index is 12.4. The Hall–Kier alpha value is -3.63. The van der Waals surface area contributed by atoms with Gasteiger partial charge in [-0.3, -0.25) is 14.9 Å². The van der Waals surface area contributed by atoms with Crippen molar-refractivity contribution in [2.45, 2.75) is 31.6 Å². The average Bonchev–Trinajstić information content (AvgIpc) is 2.63. The first kappa shape index (κ1) is 17.7. The summed E-state index contributed by atoms with van der Waals surface area (Å²) in [5.74, 6) is -0.572. The number of allylic oxidation sites excluding steroid dienone is 2. The Bertz CT molecular complexity index is 849. The number of rotatable bonds is 4. The van der Waals surface area contributed by atoms with Crippen molar-refractivity contribution < 1.29 is 9.59 Å². The second-order valence-electron chi connectivity index (χ2n) is 5.60. The molecule has 1 aromatic rings. The van der Waals surface area contributed by atoms with Crippen molar-refractivity contribution in [1.29, 1.82) is 15.8 Å². The number of nitrogens with one attached hydrogen (secondary N) is 2. The quantitative estimate of drug-likeness (QED) is 0.640. The molecular weight excluding hydrogens is 318 g/mol. The van der Waals surface area contributed by atoms with Gasteiger partial charge >= 0.3 is 0 Å². The molecule has 1 aliphatic rings. The van der Waals surface area contributed by atoms with Crippen molar-refractivity contribution in [3.8, 4) is 18.2 Å². The van der Waals surface area contributed by atoms with Crippen molar-refractivity contribution in [3.63, 3.8) is 0 Å². The van der Waals surface area contributed by atoms with Crippen LogP contribution in [0.1, 0.15) is 31.7 Å². The molecule has 0 radical (unpaired) electrons. The van der Waals surface area contributed by atoms with Crippen molar-refractivity contribution in [3.05, 3.63) is 41.1 Å². The molecule has 0 aliphatic carbocycles. The van der Waals surface area contributed by atoms with Gasteiger partial charge in [0.1, 0.15) is 23.9 Å². The van der Waals surface area contributed by atoms with Crippen LogP contribution in [0.4, 0.5) is 5.69 Å². The highest BCUT2D eigenvalue weighted by Crippen LogP contribution is 2.36. The number of carbonyl (C=O) groups excluding carboxylic acids is 2. The molecule has 1 saturated heterocycles. The lowest BCUT2D eigenvalue weighted by Gasteiger charge is -2.35. The molecule has 0 saturated carbocycles. The summed E-state index contributed by atoms with van der Waals surface area (Å²) in [6, 6.07) is 11.9. The van der Waals surface area contributed by atoms with Crippen LogP contribution in [0.3, 0.4) is 0 Å². The average molecular weight is 333 g/mol. The van der Waals surface area contributed by atoms with Crippen LogP contribution in [0.5, 0.6) is 0 Å². The lowest BCUT2D eigenvalue weighted by molar-refractivity contribution is -0.138. The first-order valence-corrected chi connectivity index (χ1v) is 7.67. The zero-order chi connectivity index (χ0) is 18.4. The van der Waals surface area contributed by atoms with Crippen LogP contribution in [-0.2, 0) is 15.0 Å². The number of imide groups is 1. The van der Waals surface area contributed by atoms with Gasteiger partial charge in [0, 0.05) is 12.1 Å². The maximum atomic E-state index is 12.4. The fourth-order valence-corrected chi connectivity index (χ4v) is 2.87. The maximum Gasteiger partial charge on any atom is 0.237 e. The Balaban J connectivity index is 2.31. The van der Waals surface area contributed by atoms with Crippen LogP contribution in [0.2, 0.25) is 0 Å². The highest BCUT2D eigenvalue weighted by molar-refractivity contribution is 6.03. The predicted octanol–water partition coefficient (Wildman–Crippen LogP) is 2.01. The van der Waals surface area contributed by atoms with Gasteiger partial charge in [0.2, 0.25) is 11.8 Å². The van der Waals surface area contributed by atoms with E-state index in [2.05, 4.69) is 10.6 Å². The van der Waals surface area contributed by atoms with E-state index >= 15 is 0 Å². The fraction of sp³-hybridized carbons (Fsp3) is 0.278. The van der Waals surface area contributed by atoms with E-state index in [1.165, 1.54) is 0 Å². The summed E-state index contributed by atoms with van der Waals surface area (Å²) in [5.41, 5.74) is 0.0894. The summed E-state index contributed by atoms with van der Waals surface area (Å²) >= 11 is 0.